The number of likely N-dealkylation sites (tertiary alicyclic amines) is 1. The van der Waals surface area contributed by atoms with Crippen molar-refractivity contribution in [2.24, 2.45) is 5.92 Å². The number of ether oxygens (including phenoxy) is 2. The highest BCUT2D eigenvalue weighted by Gasteiger charge is 2.42. The first-order valence-corrected chi connectivity index (χ1v) is 9.43. The van der Waals surface area contributed by atoms with Crippen LogP contribution >= 0.6 is 0 Å². The standard InChI is InChI=1S/C19H27N3O3/c23-19(21-12-14-2-1-6-20-11-14)17-10-15-3-7-22(13-18(15)25-17)16-4-8-24-9-5-16/h1-2,6,11,15-18H,3-5,7-10,12-13H2,(H,21,23)/t15-,17-,18+/m0/s1. The first-order valence-electron chi connectivity index (χ1n) is 9.43. The number of fused-ring (bicyclic) bond motifs is 1. The van der Waals surface area contributed by atoms with Crippen LogP contribution in [0.5, 0.6) is 0 Å². The molecule has 0 aromatic carbocycles. The van der Waals surface area contributed by atoms with Gasteiger partial charge in [0.2, 0.25) is 5.91 Å². The Labute approximate surface area is 148 Å². The Bertz CT molecular complexity index is 577. The number of nitrogens with zero attached hydrogens (tertiary/aromatic N) is 2. The van der Waals surface area contributed by atoms with Crippen molar-refractivity contribution >= 4 is 5.91 Å². The lowest BCUT2D eigenvalue weighted by Crippen LogP contribution is -2.49. The third kappa shape index (κ3) is 4.02. The van der Waals surface area contributed by atoms with Crippen LogP contribution in [0, 0.1) is 5.92 Å². The van der Waals surface area contributed by atoms with Gasteiger partial charge in [-0.05, 0) is 49.8 Å². The molecule has 0 aliphatic carbocycles. The molecule has 6 nitrogen and oxygen atoms in total. The zero-order valence-corrected chi connectivity index (χ0v) is 14.6. The molecule has 1 aromatic heterocycles. The SMILES string of the molecule is O=C(NCc1cccnc1)[C@@H]1C[C@@H]2CCN(C3CCOCC3)C[C@H]2O1. The van der Waals surface area contributed by atoms with Gasteiger partial charge in [0.1, 0.15) is 6.10 Å². The molecule has 0 bridgehead atoms. The van der Waals surface area contributed by atoms with Gasteiger partial charge in [0, 0.05) is 44.7 Å². The fraction of sp³-hybridized carbons (Fsp3) is 0.684. The molecule has 0 spiro atoms. The maximum atomic E-state index is 12.5. The highest BCUT2D eigenvalue weighted by atomic mass is 16.5. The van der Waals surface area contributed by atoms with Crippen molar-refractivity contribution in [1.82, 2.24) is 15.2 Å². The summed E-state index contributed by atoms with van der Waals surface area (Å²) in [5, 5.41) is 2.99. The molecule has 4 rings (SSSR count). The maximum absolute atomic E-state index is 12.5. The number of aromatic nitrogens is 1. The molecule has 3 saturated heterocycles. The third-order valence-corrected chi connectivity index (χ3v) is 5.77. The van der Waals surface area contributed by atoms with Gasteiger partial charge in [-0.3, -0.25) is 14.7 Å². The second kappa shape index (κ2) is 7.81. The molecule has 4 heterocycles. The Morgan fingerprint density at radius 3 is 3.00 bits per heavy atom. The van der Waals surface area contributed by atoms with Crippen LogP contribution in [0.4, 0.5) is 0 Å². The molecular formula is C19H27N3O3. The van der Waals surface area contributed by atoms with Crippen molar-refractivity contribution in [3.8, 4) is 0 Å². The molecule has 3 aliphatic rings. The topological polar surface area (TPSA) is 63.7 Å². The summed E-state index contributed by atoms with van der Waals surface area (Å²) >= 11 is 0. The molecule has 3 aliphatic heterocycles. The Morgan fingerprint density at radius 2 is 2.20 bits per heavy atom. The summed E-state index contributed by atoms with van der Waals surface area (Å²) in [7, 11) is 0. The van der Waals surface area contributed by atoms with Gasteiger partial charge in [0.25, 0.3) is 0 Å². The van der Waals surface area contributed by atoms with Gasteiger partial charge in [-0.15, -0.1) is 0 Å². The van der Waals surface area contributed by atoms with Crippen LogP contribution in [0.3, 0.4) is 0 Å². The minimum atomic E-state index is -0.304. The predicted octanol–water partition coefficient (Wildman–Crippen LogP) is 1.36. The van der Waals surface area contributed by atoms with E-state index in [1.807, 2.05) is 12.1 Å². The summed E-state index contributed by atoms with van der Waals surface area (Å²) in [4.78, 5) is 19.1. The zero-order chi connectivity index (χ0) is 17.1. The van der Waals surface area contributed by atoms with Gasteiger partial charge in [-0.25, -0.2) is 0 Å². The zero-order valence-electron chi connectivity index (χ0n) is 14.6. The summed E-state index contributed by atoms with van der Waals surface area (Å²) < 4.78 is 11.6. The molecule has 136 valence electrons. The third-order valence-electron chi connectivity index (χ3n) is 5.77. The molecule has 0 saturated carbocycles. The van der Waals surface area contributed by atoms with E-state index in [4.69, 9.17) is 9.47 Å². The van der Waals surface area contributed by atoms with Crippen molar-refractivity contribution in [3.63, 3.8) is 0 Å². The van der Waals surface area contributed by atoms with E-state index in [1.54, 1.807) is 12.4 Å². The van der Waals surface area contributed by atoms with Gasteiger partial charge in [-0.1, -0.05) is 6.07 Å². The number of rotatable bonds is 4. The summed E-state index contributed by atoms with van der Waals surface area (Å²) in [6, 6.07) is 4.47. The van der Waals surface area contributed by atoms with E-state index in [-0.39, 0.29) is 18.1 Å². The van der Waals surface area contributed by atoms with Crippen LogP contribution < -0.4 is 5.32 Å². The summed E-state index contributed by atoms with van der Waals surface area (Å²) in [5.74, 6) is 0.529. The largest absolute Gasteiger partial charge is 0.381 e. The van der Waals surface area contributed by atoms with Crippen molar-refractivity contribution in [2.45, 2.75) is 50.5 Å². The summed E-state index contributed by atoms with van der Waals surface area (Å²) in [6.07, 6.45) is 7.63. The number of carbonyl (C=O) groups excluding carboxylic acids is 1. The molecule has 6 heteroatoms. The van der Waals surface area contributed by atoms with E-state index in [0.717, 1.165) is 57.6 Å². The van der Waals surface area contributed by atoms with E-state index >= 15 is 0 Å². The molecule has 1 amide bonds. The van der Waals surface area contributed by atoms with E-state index in [9.17, 15) is 4.79 Å². The molecule has 0 radical (unpaired) electrons. The molecule has 1 N–H and O–H groups in total. The first-order chi connectivity index (χ1) is 12.3. The molecule has 25 heavy (non-hydrogen) atoms. The van der Waals surface area contributed by atoms with Crippen LogP contribution in [0.1, 0.15) is 31.2 Å². The molecule has 0 unspecified atom stereocenters. The van der Waals surface area contributed by atoms with Gasteiger partial charge in [-0.2, -0.15) is 0 Å². The smallest absolute Gasteiger partial charge is 0.249 e. The lowest BCUT2D eigenvalue weighted by molar-refractivity contribution is -0.133. The normalized spacial score (nSPS) is 30.8. The fourth-order valence-corrected chi connectivity index (χ4v) is 4.31. The quantitative estimate of drug-likeness (QED) is 0.893. The highest BCUT2D eigenvalue weighted by molar-refractivity contribution is 5.81. The second-order valence-electron chi connectivity index (χ2n) is 7.37. The number of carbonyl (C=O) groups is 1. The van der Waals surface area contributed by atoms with E-state index in [1.165, 1.54) is 0 Å². The average Bonchev–Trinajstić information content (AvgIpc) is 3.11. The highest BCUT2D eigenvalue weighted by Crippen LogP contribution is 2.35. The summed E-state index contributed by atoms with van der Waals surface area (Å²) in [5.41, 5.74) is 1.01. The minimum absolute atomic E-state index is 0.0101. The first kappa shape index (κ1) is 16.9. The Hall–Kier alpha value is -1.50. The van der Waals surface area contributed by atoms with Crippen molar-refractivity contribution in [1.29, 1.82) is 0 Å². The number of piperidine rings is 1. The van der Waals surface area contributed by atoms with E-state index in [0.29, 0.717) is 18.5 Å². The molecule has 1 aromatic rings. The van der Waals surface area contributed by atoms with Crippen molar-refractivity contribution in [2.75, 3.05) is 26.3 Å². The van der Waals surface area contributed by atoms with Crippen LogP contribution in [-0.4, -0.2) is 60.3 Å². The average molecular weight is 345 g/mol. The van der Waals surface area contributed by atoms with Crippen LogP contribution in [-0.2, 0) is 20.8 Å². The second-order valence-corrected chi connectivity index (χ2v) is 7.37. The predicted molar refractivity (Wildman–Crippen MR) is 92.9 cm³/mol. The Morgan fingerprint density at radius 1 is 1.32 bits per heavy atom. The van der Waals surface area contributed by atoms with Gasteiger partial charge in [0.05, 0.1) is 6.10 Å². The maximum Gasteiger partial charge on any atom is 0.249 e. The van der Waals surface area contributed by atoms with E-state index < -0.39 is 0 Å². The summed E-state index contributed by atoms with van der Waals surface area (Å²) in [6.45, 7) is 4.34. The van der Waals surface area contributed by atoms with Crippen LogP contribution in [0.15, 0.2) is 24.5 Å². The van der Waals surface area contributed by atoms with Gasteiger partial charge >= 0.3 is 0 Å². The number of hydrogen-bond acceptors (Lipinski definition) is 5. The lowest BCUT2D eigenvalue weighted by Gasteiger charge is -2.40. The Kier molecular flexibility index (Phi) is 5.29. The van der Waals surface area contributed by atoms with Crippen molar-refractivity contribution < 1.29 is 14.3 Å². The molecule has 3 fully saturated rings. The molecular weight excluding hydrogens is 318 g/mol. The van der Waals surface area contributed by atoms with Crippen molar-refractivity contribution in [3.05, 3.63) is 30.1 Å². The fourth-order valence-electron chi connectivity index (χ4n) is 4.31. The minimum Gasteiger partial charge on any atom is -0.381 e. The molecule has 3 atom stereocenters. The van der Waals surface area contributed by atoms with Gasteiger partial charge in [0.15, 0.2) is 0 Å². The van der Waals surface area contributed by atoms with Gasteiger partial charge < -0.3 is 14.8 Å². The lowest BCUT2D eigenvalue weighted by atomic mass is 9.90. The monoisotopic (exact) mass is 345 g/mol. The number of amides is 1. The van der Waals surface area contributed by atoms with Crippen LogP contribution in [0.25, 0.3) is 0 Å². The Balaban J connectivity index is 1.28. The van der Waals surface area contributed by atoms with Crippen LogP contribution in [0.2, 0.25) is 0 Å². The van der Waals surface area contributed by atoms with E-state index in [2.05, 4.69) is 15.2 Å². The number of pyridine rings is 1. The number of nitrogens with one attached hydrogen (secondary N) is 1. The number of hydrogen-bond donors (Lipinski definition) is 1.